The Morgan fingerprint density at radius 3 is 1.87 bits per heavy atom. The van der Waals surface area contributed by atoms with Crippen molar-refractivity contribution in [1.82, 2.24) is 0 Å². The Kier molecular flexibility index (Phi) is 3.28. The van der Waals surface area contributed by atoms with Crippen molar-refractivity contribution in [3.05, 3.63) is 37.0 Å². The van der Waals surface area contributed by atoms with Crippen LogP contribution in [0.25, 0.3) is 0 Å². The Morgan fingerprint density at radius 2 is 1.53 bits per heavy atom. The fraction of sp³-hybridized carbons (Fsp3) is 0.600. The van der Waals surface area contributed by atoms with E-state index in [1.54, 1.807) is 0 Å². The summed E-state index contributed by atoms with van der Waals surface area (Å²) in [5.41, 5.74) is 2.71. The molecular formula is C15H24. The van der Waals surface area contributed by atoms with Crippen molar-refractivity contribution in [1.29, 1.82) is 0 Å². The highest BCUT2D eigenvalue weighted by Crippen LogP contribution is 2.58. The summed E-state index contributed by atoms with van der Waals surface area (Å²) in [6.45, 7) is 19.0. The van der Waals surface area contributed by atoms with E-state index in [-0.39, 0.29) is 10.8 Å². The molecule has 1 saturated carbocycles. The monoisotopic (exact) mass is 204 g/mol. The quantitative estimate of drug-likeness (QED) is 0.574. The predicted molar refractivity (Wildman–Crippen MR) is 68.8 cm³/mol. The van der Waals surface area contributed by atoms with Gasteiger partial charge in [0.05, 0.1) is 0 Å². The van der Waals surface area contributed by atoms with Crippen LogP contribution in [0.15, 0.2) is 37.0 Å². The minimum Gasteiger partial charge on any atom is -0.102 e. The Labute approximate surface area is 94.8 Å². The minimum atomic E-state index is 0.0764. The van der Waals surface area contributed by atoms with Crippen LogP contribution in [-0.4, -0.2) is 0 Å². The highest BCUT2D eigenvalue weighted by molar-refractivity contribution is 5.32. The molecule has 0 saturated heterocycles. The van der Waals surface area contributed by atoms with Crippen molar-refractivity contribution in [2.75, 3.05) is 0 Å². The topological polar surface area (TPSA) is 0 Å². The fourth-order valence-electron chi connectivity index (χ4n) is 3.42. The van der Waals surface area contributed by atoms with E-state index >= 15 is 0 Å². The van der Waals surface area contributed by atoms with Gasteiger partial charge in [-0.1, -0.05) is 50.1 Å². The van der Waals surface area contributed by atoms with Gasteiger partial charge in [-0.3, -0.25) is 0 Å². The van der Waals surface area contributed by atoms with Crippen LogP contribution < -0.4 is 0 Å². The Bertz CT molecular complexity index is 281. The molecule has 0 aromatic heterocycles. The first-order valence-corrected chi connectivity index (χ1v) is 5.86. The lowest BCUT2D eigenvalue weighted by Crippen LogP contribution is -2.42. The van der Waals surface area contributed by atoms with Crippen molar-refractivity contribution in [3.8, 4) is 0 Å². The highest BCUT2D eigenvalue weighted by atomic mass is 14.5. The van der Waals surface area contributed by atoms with Gasteiger partial charge in [-0.2, -0.15) is 0 Å². The molecule has 1 unspecified atom stereocenters. The molecule has 1 aliphatic rings. The van der Waals surface area contributed by atoms with Gasteiger partial charge in [0.15, 0.2) is 0 Å². The number of hydrogen-bond donors (Lipinski definition) is 0. The van der Waals surface area contributed by atoms with Gasteiger partial charge < -0.3 is 0 Å². The summed E-state index contributed by atoms with van der Waals surface area (Å²) in [5.74, 6) is 0. The molecule has 0 heterocycles. The van der Waals surface area contributed by atoms with Crippen LogP contribution in [0, 0.1) is 10.8 Å². The van der Waals surface area contributed by atoms with Crippen LogP contribution in [-0.2, 0) is 0 Å². The summed E-state index contributed by atoms with van der Waals surface area (Å²) in [4.78, 5) is 0. The Morgan fingerprint density at radius 1 is 1.07 bits per heavy atom. The largest absolute Gasteiger partial charge is 0.102 e. The number of rotatable bonds is 3. The second kappa shape index (κ2) is 4.00. The van der Waals surface area contributed by atoms with Gasteiger partial charge in [-0.05, 0) is 32.1 Å². The van der Waals surface area contributed by atoms with Crippen LogP contribution in [0.5, 0.6) is 0 Å². The van der Waals surface area contributed by atoms with Gasteiger partial charge in [0.1, 0.15) is 0 Å². The summed E-state index contributed by atoms with van der Waals surface area (Å²) in [6.07, 6.45) is 7.08. The van der Waals surface area contributed by atoms with Crippen molar-refractivity contribution >= 4 is 0 Å². The first-order chi connectivity index (χ1) is 6.90. The summed E-state index contributed by atoms with van der Waals surface area (Å²) < 4.78 is 0. The highest BCUT2D eigenvalue weighted by Gasteiger charge is 2.48. The molecule has 1 rings (SSSR count). The minimum absolute atomic E-state index is 0.0764. The average Bonchev–Trinajstić information content (AvgIpc) is 2.17. The molecule has 0 heteroatoms. The summed E-state index contributed by atoms with van der Waals surface area (Å²) in [6, 6.07) is 0. The Balaban J connectivity index is 3.29. The third kappa shape index (κ3) is 1.60. The normalized spacial score (nSPS) is 29.5. The van der Waals surface area contributed by atoms with E-state index in [9.17, 15) is 0 Å². The summed E-state index contributed by atoms with van der Waals surface area (Å²) >= 11 is 0. The van der Waals surface area contributed by atoms with Gasteiger partial charge in [-0.15, -0.1) is 6.58 Å². The van der Waals surface area contributed by atoms with E-state index in [1.165, 1.54) is 36.8 Å². The molecule has 0 bridgehead atoms. The van der Waals surface area contributed by atoms with E-state index in [0.717, 1.165) is 0 Å². The van der Waals surface area contributed by atoms with Crippen LogP contribution in [0.2, 0.25) is 0 Å². The first-order valence-electron chi connectivity index (χ1n) is 5.86. The third-order valence-corrected chi connectivity index (χ3v) is 4.38. The molecule has 1 atom stereocenters. The van der Waals surface area contributed by atoms with Crippen molar-refractivity contribution in [2.45, 2.75) is 46.5 Å². The molecule has 0 spiro atoms. The van der Waals surface area contributed by atoms with Crippen molar-refractivity contribution < 1.29 is 0 Å². The van der Waals surface area contributed by atoms with E-state index in [0.29, 0.717) is 0 Å². The van der Waals surface area contributed by atoms with E-state index < -0.39 is 0 Å². The standard InChI is InChI=1S/C15H24/c1-7-14(6)10-8-9-11-15(14,12(2)3)13(4)5/h7H,1-2,4,8-11H2,3,5-6H3. The van der Waals surface area contributed by atoms with E-state index in [2.05, 4.69) is 46.6 Å². The summed E-state index contributed by atoms with van der Waals surface area (Å²) in [7, 11) is 0. The second-order valence-corrected chi connectivity index (χ2v) is 5.29. The average molecular weight is 204 g/mol. The molecule has 0 aromatic rings. The molecule has 0 aliphatic heterocycles. The zero-order valence-electron chi connectivity index (χ0n) is 10.5. The Hall–Kier alpha value is -0.780. The molecule has 15 heavy (non-hydrogen) atoms. The molecule has 0 aromatic carbocycles. The molecule has 0 radical (unpaired) electrons. The molecule has 0 amide bonds. The molecule has 0 N–H and O–H groups in total. The predicted octanol–water partition coefficient (Wildman–Crippen LogP) is 4.89. The molecule has 1 fully saturated rings. The van der Waals surface area contributed by atoms with E-state index in [1.807, 2.05) is 0 Å². The van der Waals surface area contributed by atoms with Crippen LogP contribution in [0.1, 0.15) is 46.5 Å². The zero-order chi connectivity index (χ0) is 11.7. The van der Waals surface area contributed by atoms with Crippen molar-refractivity contribution in [3.63, 3.8) is 0 Å². The molecule has 84 valence electrons. The molecule has 0 nitrogen and oxygen atoms in total. The van der Waals surface area contributed by atoms with Crippen LogP contribution >= 0.6 is 0 Å². The number of allylic oxidation sites excluding steroid dienone is 3. The zero-order valence-corrected chi connectivity index (χ0v) is 10.5. The molecule has 1 aliphatic carbocycles. The van der Waals surface area contributed by atoms with Gasteiger partial charge >= 0.3 is 0 Å². The maximum Gasteiger partial charge on any atom is 0.0197 e. The fourth-order valence-corrected chi connectivity index (χ4v) is 3.42. The van der Waals surface area contributed by atoms with Gasteiger partial charge in [0.2, 0.25) is 0 Å². The van der Waals surface area contributed by atoms with Crippen molar-refractivity contribution in [2.24, 2.45) is 10.8 Å². The molecular weight excluding hydrogens is 180 g/mol. The second-order valence-electron chi connectivity index (χ2n) is 5.29. The SMILES string of the molecule is C=CC1(C)CCCCC1(C(=C)C)C(=C)C. The van der Waals surface area contributed by atoms with E-state index in [4.69, 9.17) is 0 Å². The lowest BCUT2D eigenvalue weighted by molar-refractivity contribution is 0.118. The smallest absolute Gasteiger partial charge is 0.0197 e. The van der Waals surface area contributed by atoms with Gasteiger partial charge in [0.25, 0.3) is 0 Å². The maximum atomic E-state index is 4.21. The van der Waals surface area contributed by atoms with Gasteiger partial charge in [0, 0.05) is 5.41 Å². The first kappa shape index (κ1) is 12.3. The van der Waals surface area contributed by atoms with Gasteiger partial charge in [-0.25, -0.2) is 0 Å². The summed E-state index contributed by atoms with van der Waals surface area (Å²) in [5, 5.41) is 0. The maximum absolute atomic E-state index is 4.21. The van der Waals surface area contributed by atoms with Crippen LogP contribution in [0.4, 0.5) is 0 Å². The van der Waals surface area contributed by atoms with Crippen LogP contribution in [0.3, 0.4) is 0 Å². The lowest BCUT2D eigenvalue weighted by atomic mass is 9.52. The lowest BCUT2D eigenvalue weighted by Gasteiger charge is -2.52. The number of hydrogen-bond acceptors (Lipinski definition) is 0. The third-order valence-electron chi connectivity index (χ3n) is 4.38.